The molecule has 1 atom stereocenters. The van der Waals surface area contributed by atoms with Crippen LogP contribution in [0.2, 0.25) is 5.02 Å². The van der Waals surface area contributed by atoms with Crippen molar-refractivity contribution in [1.29, 1.82) is 0 Å². The molecule has 1 aliphatic rings. The summed E-state index contributed by atoms with van der Waals surface area (Å²) >= 11 is 5.88. The highest BCUT2D eigenvalue weighted by atomic mass is 35.5. The van der Waals surface area contributed by atoms with Gasteiger partial charge in [0.2, 0.25) is 0 Å². The predicted octanol–water partition coefficient (Wildman–Crippen LogP) is 4.06. The molecule has 0 bridgehead atoms. The topological polar surface area (TPSA) is 25.4 Å². The van der Waals surface area contributed by atoms with E-state index in [0.29, 0.717) is 6.61 Å². The van der Waals surface area contributed by atoms with Gasteiger partial charge in [-0.3, -0.25) is 9.88 Å². The van der Waals surface area contributed by atoms with Gasteiger partial charge in [-0.2, -0.15) is 0 Å². The van der Waals surface area contributed by atoms with Gasteiger partial charge in [0, 0.05) is 31.0 Å². The van der Waals surface area contributed by atoms with E-state index >= 15 is 0 Å². The second-order valence-corrected chi connectivity index (χ2v) is 6.37. The quantitative estimate of drug-likeness (QED) is 0.846. The third kappa shape index (κ3) is 3.89. The van der Waals surface area contributed by atoms with Crippen LogP contribution in [0.25, 0.3) is 0 Å². The molecule has 5 heteroatoms. The number of aromatic nitrogens is 1. The molecular weight excluding hydrogens is 315 g/mol. The van der Waals surface area contributed by atoms with Gasteiger partial charge in [-0.15, -0.1) is 0 Å². The molecule has 0 N–H and O–H groups in total. The molecular formula is C18H20ClFN2O. The van der Waals surface area contributed by atoms with Crippen LogP contribution in [0, 0.1) is 19.7 Å². The monoisotopic (exact) mass is 334 g/mol. The number of hydrogen-bond acceptors (Lipinski definition) is 3. The van der Waals surface area contributed by atoms with E-state index in [9.17, 15) is 4.39 Å². The van der Waals surface area contributed by atoms with Crippen LogP contribution in [-0.2, 0) is 11.3 Å². The van der Waals surface area contributed by atoms with Crippen LogP contribution in [0.15, 0.2) is 30.3 Å². The average Bonchev–Trinajstić information content (AvgIpc) is 2.53. The van der Waals surface area contributed by atoms with Crippen molar-refractivity contribution < 1.29 is 9.13 Å². The Kier molecular flexibility index (Phi) is 4.95. The Bertz CT molecular complexity index is 707. The van der Waals surface area contributed by atoms with Crippen molar-refractivity contribution in [3.8, 4) is 0 Å². The van der Waals surface area contributed by atoms with Gasteiger partial charge in [-0.25, -0.2) is 4.39 Å². The lowest BCUT2D eigenvalue weighted by atomic mass is 10.1. The van der Waals surface area contributed by atoms with E-state index in [-0.39, 0.29) is 11.1 Å². The Morgan fingerprint density at radius 1 is 1.30 bits per heavy atom. The van der Waals surface area contributed by atoms with E-state index in [2.05, 4.69) is 16.0 Å². The van der Waals surface area contributed by atoms with Crippen LogP contribution in [0.3, 0.4) is 0 Å². The number of morpholine rings is 1. The number of halogens is 2. The molecule has 1 aromatic heterocycles. The molecule has 2 heterocycles. The molecule has 3 rings (SSSR count). The van der Waals surface area contributed by atoms with Crippen molar-refractivity contribution in [2.75, 3.05) is 19.7 Å². The minimum atomic E-state index is -0.399. The molecule has 0 amide bonds. The summed E-state index contributed by atoms with van der Waals surface area (Å²) in [6.07, 6.45) is -0.0828. The Balaban J connectivity index is 1.71. The van der Waals surface area contributed by atoms with Gasteiger partial charge in [-0.05, 0) is 43.2 Å². The number of benzene rings is 1. The van der Waals surface area contributed by atoms with Gasteiger partial charge in [0.25, 0.3) is 0 Å². The fraction of sp³-hybridized carbons (Fsp3) is 0.389. The molecule has 2 aromatic rings. The molecule has 0 radical (unpaired) electrons. The molecule has 1 saturated heterocycles. The number of aryl methyl sites for hydroxylation is 2. The average molecular weight is 335 g/mol. The first-order chi connectivity index (χ1) is 11.0. The molecule has 1 fully saturated rings. The van der Waals surface area contributed by atoms with E-state index in [1.54, 1.807) is 12.1 Å². The lowest BCUT2D eigenvalue weighted by Crippen LogP contribution is -2.38. The van der Waals surface area contributed by atoms with Crippen molar-refractivity contribution >= 4 is 11.6 Å². The van der Waals surface area contributed by atoms with Crippen molar-refractivity contribution in [3.05, 3.63) is 63.7 Å². The number of rotatable bonds is 3. The smallest absolute Gasteiger partial charge is 0.141 e. The molecule has 1 aliphatic heterocycles. The Morgan fingerprint density at radius 3 is 2.87 bits per heavy atom. The normalized spacial score (nSPS) is 19.0. The first-order valence-corrected chi connectivity index (χ1v) is 8.13. The highest BCUT2D eigenvalue weighted by Gasteiger charge is 2.23. The van der Waals surface area contributed by atoms with E-state index < -0.39 is 5.82 Å². The lowest BCUT2D eigenvalue weighted by Gasteiger charge is -2.33. The van der Waals surface area contributed by atoms with Crippen LogP contribution in [-0.4, -0.2) is 29.6 Å². The zero-order valence-corrected chi connectivity index (χ0v) is 14.1. The van der Waals surface area contributed by atoms with Crippen LogP contribution < -0.4 is 0 Å². The number of hydrogen-bond donors (Lipinski definition) is 0. The summed E-state index contributed by atoms with van der Waals surface area (Å²) in [5, 5.41) is 0.141. The predicted molar refractivity (Wildman–Crippen MR) is 89.1 cm³/mol. The summed E-state index contributed by atoms with van der Waals surface area (Å²) in [6, 6.07) is 8.97. The van der Waals surface area contributed by atoms with Crippen molar-refractivity contribution in [3.63, 3.8) is 0 Å². The summed E-state index contributed by atoms with van der Waals surface area (Å²) in [5.41, 5.74) is 4.25. The van der Waals surface area contributed by atoms with E-state index in [0.717, 1.165) is 36.6 Å². The van der Waals surface area contributed by atoms with Crippen LogP contribution in [0.5, 0.6) is 0 Å². The van der Waals surface area contributed by atoms with E-state index in [1.807, 2.05) is 19.9 Å². The maximum atomic E-state index is 13.3. The van der Waals surface area contributed by atoms with Gasteiger partial charge in [0.1, 0.15) is 5.82 Å². The zero-order chi connectivity index (χ0) is 16.4. The Hall–Kier alpha value is -1.49. The number of nitrogens with zero attached hydrogens (tertiary/aromatic N) is 2. The summed E-state index contributed by atoms with van der Waals surface area (Å²) in [7, 11) is 0. The third-order valence-electron chi connectivity index (χ3n) is 4.19. The van der Waals surface area contributed by atoms with Crippen LogP contribution >= 0.6 is 11.6 Å². The highest BCUT2D eigenvalue weighted by molar-refractivity contribution is 6.30. The minimum Gasteiger partial charge on any atom is -0.371 e. The SMILES string of the molecule is Cc1ccc(CN2CCOC(c3ccc(F)c(Cl)c3)C2)c(C)n1. The number of ether oxygens (including phenoxy) is 1. The van der Waals surface area contributed by atoms with Gasteiger partial charge in [0.15, 0.2) is 0 Å². The van der Waals surface area contributed by atoms with E-state index in [4.69, 9.17) is 16.3 Å². The fourth-order valence-corrected chi connectivity index (χ4v) is 3.07. The molecule has 23 heavy (non-hydrogen) atoms. The minimum absolute atomic E-state index is 0.0828. The van der Waals surface area contributed by atoms with Crippen molar-refractivity contribution in [2.45, 2.75) is 26.5 Å². The Morgan fingerprint density at radius 2 is 2.13 bits per heavy atom. The third-order valence-corrected chi connectivity index (χ3v) is 4.48. The zero-order valence-electron chi connectivity index (χ0n) is 13.4. The summed E-state index contributed by atoms with van der Waals surface area (Å²) < 4.78 is 19.2. The first-order valence-electron chi connectivity index (χ1n) is 7.75. The Labute approximate surface area is 141 Å². The summed E-state index contributed by atoms with van der Waals surface area (Å²) in [5.74, 6) is -0.399. The fourth-order valence-electron chi connectivity index (χ4n) is 2.88. The van der Waals surface area contributed by atoms with Gasteiger partial charge < -0.3 is 4.74 Å². The largest absolute Gasteiger partial charge is 0.371 e. The summed E-state index contributed by atoms with van der Waals surface area (Å²) in [4.78, 5) is 6.86. The van der Waals surface area contributed by atoms with Gasteiger partial charge in [-0.1, -0.05) is 23.7 Å². The molecule has 0 spiro atoms. The maximum Gasteiger partial charge on any atom is 0.141 e. The lowest BCUT2D eigenvalue weighted by molar-refractivity contribution is -0.0330. The number of pyridine rings is 1. The highest BCUT2D eigenvalue weighted by Crippen LogP contribution is 2.27. The molecule has 1 aromatic carbocycles. The molecule has 0 aliphatic carbocycles. The molecule has 1 unspecified atom stereocenters. The van der Waals surface area contributed by atoms with Gasteiger partial charge >= 0.3 is 0 Å². The molecule has 3 nitrogen and oxygen atoms in total. The molecule has 122 valence electrons. The standard InChI is InChI=1S/C18H20ClFN2O/c1-12-3-4-15(13(2)21-12)10-22-7-8-23-18(11-22)14-5-6-17(20)16(19)9-14/h3-6,9,18H,7-8,10-11H2,1-2H3. The van der Waals surface area contributed by atoms with Gasteiger partial charge in [0.05, 0.1) is 17.7 Å². The summed E-state index contributed by atoms with van der Waals surface area (Å²) in [6.45, 7) is 7.17. The maximum absolute atomic E-state index is 13.3. The molecule has 0 saturated carbocycles. The van der Waals surface area contributed by atoms with Crippen LogP contribution in [0.4, 0.5) is 4.39 Å². The van der Waals surface area contributed by atoms with Crippen molar-refractivity contribution in [2.24, 2.45) is 0 Å². The first kappa shape index (κ1) is 16.4. The van der Waals surface area contributed by atoms with E-state index in [1.165, 1.54) is 11.6 Å². The second kappa shape index (κ2) is 6.95. The van der Waals surface area contributed by atoms with Crippen molar-refractivity contribution in [1.82, 2.24) is 9.88 Å². The van der Waals surface area contributed by atoms with Crippen LogP contribution in [0.1, 0.15) is 28.6 Å². The second-order valence-electron chi connectivity index (χ2n) is 5.97.